The van der Waals surface area contributed by atoms with Gasteiger partial charge < -0.3 is 10.2 Å². The topological polar surface area (TPSA) is 74.6 Å². The number of carboxylic acid groups (broad SMARTS) is 2. The molecule has 0 amide bonds. The fourth-order valence-electron chi connectivity index (χ4n) is 0. The maximum atomic E-state index is 9.00. The number of hydrogen-bond donors (Lipinski definition) is 2. The van der Waals surface area contributed by atoms with E-state index in [1.54, 1.807) is 0 Å². The summed E-state index contributed by atoms with van der Waals surface area (Å²) in [5.41, 5.74) is 0. The predicted molar refractivity (Wildman–Crippen MR) is 26.6 cm³/mol. The summed E-state index contributed by atoms with van der Waals surface area (Å²) in [5.74, 6) is -1.67. The Hall–Kier alpha value is -0.0210. The largest absolute Gasteiger partial charge is 0.481 e. The summed E-state index contributed by atoms with van der Waals surface area (Å²) in [4.78, 5) is 18.0. The Morgan fingerprint density at radius 2 is 1.00 bits per heavy atom. The van der Waals surface area contributed by atoms with E-state index in [1.165, 1.54) is 0 Å². The van der Waals surface area contributed by atoms with Gasteiger partial charge in [0.1, 0.15) is 0 Å². The van der Waals surface area contributed by atoms with Crippen molar-refractivity contribution < 1.29 is 53.9 Å². The van der Waals surface area contributed by atoms with E-state index in [2.05, 4.69) is 0 Å². The summed E-state index contributed by atoms with van der Waals surface area (Å²) in [6.07, 6.45) is 0. The van der Waals surface area contributed by atoms with E-state index < -0.39 is 11.9 Å². The van der Waals surface area contributed by atoms with Gasteiger partial charge in [-0.25, -0.2) is 0 Å². The second-order valence-electron chi connectivity index (χ2n) is 1.04. The summed E-state index contributed by atoms with van der Waals surface area (Å²) in [6.45, 7) is 2.17. The van der Waals surface area contributed by atoms with Gasteiger partial charge in [0.25, 0.3) is 11.9 Å². The molecule has 0 saturated heterocycles. The van der Waals surface area contributed by atoms with Crippen molar-refractivity contribution in [1.29, 1.82) is 0 Å². The summed E-state index contributed by atoms with van der Waals surface area (Å²) < 4.78 is 0. The first kappa shape index (κ1) is 22.5. The van der Waals surface area contributed by atoms with E-state index in [4.69, 9.17) is 19.8 Å². The van der Waals surface area contributed by atoms with Crippen molar-refractivity contribution in [3.63, 3.8) is 0 Å². The average molecular weight is 231 g/mol. The molecule has 0 aliphatic carbocycles. The molecule has 4 nitrogen and oxygen atoms in total. The molecule has 0 bridgehead atoms. The molecule has 2 N–H and O–H groups in total. The molecule has 63 valence electrons. The fourth-order valence-corrected chi connectivity index (χ4v) is 0. The van der Waals surface area contributed by atoms with Gasteiger partial charge in [0.15, 0.2) is 0 Å². The maximum absolute atomic E-state index is 9.00. The normalized spacial score (nSPS) is 5.00. The zero-order valence-corrected chi connectivity index (χ0v) is 7.77. The van der Waals surface area contributed by atoms with Crippen LogP contribution in [0.25, 0.3) is 0 Å². The van der Waals surface area contributed by atoms with Crippen LogP contribution in [0, 0.1) is 0 Å². The first-order valence-corrected chi connectivity index (χ1v) is 1.86. The molecule has 10 heavy (non-hydrogen) atoms. The van der Waals surface area contributed by atoms with Gasteiger partial charge in [-0.15, -0.1) is 0 Å². The Morgan fingerprint density at radius 3 is 1.00 bits per heavy atom. The van der Waals surface area contributed by atoms with Crippen LogP contribution in [0.2, 0.25) is 0 Å². The Morgan fingerprint density at radius 1 is 1.00 bits per heavy atom. The van der Waals surface area contributed by atoms with Crippen molar-refractivity contribution in [2.75, 3.05) is 0 Å². The van der Waals surface area contributed by atoms with Crippen molar-refractivity contribution in [3.8, 4) is 0 Å². The van der Waals surface area contributed by atoms with Gasteiger partial charge in [-0.3, -0.25) is 9.59 Å². The second kappa shape index (κ2) is 16.0. The van der Waals surface area contributed by atoms with Gasteiger partial charge in [-0.05, 0) is 0 Å². The Balaban J connectivity index is -0.0000000300. The quantitative estimate of drug-likeness (QED) is 0.623. The molecule has 0 rings (SSSR count). The monoisotopic (exact) mass is 231 g/mol. The minimum atomic E-state index is -0.833. The fraction of sp³-hybridized carbons (Fsp3) is 0.500. The third kappa shape index (κ3) is 878000. The van der Waals surface area contributed by atoms with Gasteiger partial charge in [-0.2, -0.15) is 0 Å². The molecule has 0 spiro atoms. The molecule has 0 aromatic rings. The molecule has 0 aromatic heterocycles. The van der Waals surface area contributed by atoms with Crippen LogP contribution in [0.5, 0.6) is 0 Å². The van der Waals surface area contributed by atoms with E-state index in [0.717, 1.165) is 13.8 Å². The van der Waals surface area contributed by atoms with Crippen molar-refractivity contribution >= 4 is 11.9 Å². The first-order chi connectivity index (χ1) is 3.46. The van der Waals surface area contributed by atoms with E-state index in [0.29, 0.717) is 0 Å². The second-order valence-corrected chi connectivity index (χ2v) is 1.04. The van der Waals surface area contributed by atoms with Gasteiger partial charge in [0.2, 0.25) is 0 Å². The standard InChI is InChI=1S/2C2H4O2.Co.Cr/c2*1-2(3)4;;/h2*1H3,(H,3,4);;. The summed E-state index contributed by atoms with van der Waals surface area (Å²) in [7, 11) is 0. The van der Waals surface area contributed by atoms with Gasteiger partial charge in [-0.1, -0.05) is 0 Å². The number of carbonyl (C=O) groups is 2. The van der Waals surface area contributed by atoms with Gasteiger partial charge in [0, 0.05) is 48.0 Å². The molecule has 0 aliphatic rings. The molecule has 1 radical (unpaired) electrons. The number of rotatable bonds is 0. The Kier molecular flexibility index (Phi) is 36.0. The van der Waals surface area contributed by atoms with E-state index in [-0.39, 0.29) is 34.1 Å². The third-order valence-electron chi connectivity index (χ3n) is 0. The third-order valence-corrected chi connectivity index (χ3v) is 0. The molecule has 0 fully saturated rings. The van der Waals surface area contributed by atoms with Crippen LogP contribution >= 0.6 is 0 Å². The van der Waals surface area contributed by atoms with Crippen LogP contribution in [-0.4, -0.2) is 22.2 Å². The molecule has 0 aliphatic heterocycles. The smallest absolute Gasteiger partial charge is 0.300 e. The van der Waals surface area contributed by atoms with Crippen molar-refractivity contribution in [1.82, 2.24) is 0 Å². The maximum Gasteiger partial charge on any atom is 0.300 e. The van der Waals surface area contributed by atoms with Crippen LogP contribution in [-0.2, 0) is 43.7 Å². The predicted octanol–water partition coefficient (Wildman–Crippen LogP) is 0.177. The van der Waals surface area contributed by atoms with Crippen molar-refractivity contribution in [2.45, 2.75) is 13.8 Å². The first-order valence-electron chi connectivity index (χ1n) is 1.86. The van der Waals surface area contributed by atoms with Crippen LogP contribution in [0.1, 0.15) is 13.8 Å². The summed E-state index contributed by atoms with van der Waals surface area (Å²) >= 11 is 0. The van der Waals surface area contributed by atoms with Crippen molar-refractivity contribution in [3.05, 3.63) is 0 Å². The van der Waals surface area contributed by atoms with Crippen molar-refractivity contribution in [2.24, 2.45) is 0 Å². The number of aliphatic carboxylic acids is 2. The minimum Gasteiger partial charge on any atom is -0.481 e. The van der Waals surface area contributed by atoms with E-state index >= 15 is 0 Å². The summed E-state index contributed by atoms with van der Waals surface area (Å²) in [5, 5.41) is 14.8. The van der Waals surface area contributed by atoms with Gasteiger partial charge in [0.05, 0.1) is 0 Å². The average Bonchev–Trinajstić information content (AvgIpc) is 1.25. The molecule has 0 aromatic carbocycles. The van der Waals surface area contributed by atoms with Crippen LogP contribution < -0.4 is 0 Å². The zero-order valence-electron chi connectivity index (χ0n) is 5.45. The van der Waals surface area contributed by atoms with E-state index in [1.807, 2.05) is 0 Å². The van der Waals surface area contributed by atoms with E-state index in [9.17, 15) is 0 Å². The number of hydrogen-bond acceptors (Lipinski definition) is 2. The molecule has 0 heterocycles. The number of carboxylic acids is 2. The SMILES string of the molecule is CC(=O)O.CC(=O)O.[Co].[Cr]. The Bertz CT molecular complexity index is 75.3. The Labute approximate surface area is 79.9 Å². The minimum absolute atomic E-state index is 0. The zero-order chi connectivity index (χ0) is 7.15. The molecule has 0 unspecified atom stereocenters. The molecule has 0 saturated carbocycles. The summed E-state index contributed by atoms with van der Waals surface area (Å²) in [6, 6.07) is 0. The molecule has 0 atom stereocenters. The molecular formula is C4H8CoCrO4. The van der Waals surface area contributed by atoms with Gasteiger partial charge >= 0.3 is 0 Å². The van der Waals surface area contributed by atoms with Crippen LogP contribution in [0.3, 0.4) is 0 Å². The van der Waals surface area contributed by atoms with Crippen LogP contribution in [0.4, 0.5) is 0 Å². The molecule has 6 heteroatoms. The van der Waals surface area contributed by atoms with Crippen LogP contribution in [0.15, 0.2) is 0 Å². The molecular weight excluding hydrogens is 223 g/mol.